The van der Waals surface area contributed by atoms with E-state index in [1.165, 1.54) is 0 Å². The van der Waals surface area contributed by atoms with Crippen molar-refractivity contribution in [3.05, 3.63) is 36.0 Å². The zero-order valence-corrected chi connectivity index (χ0v) is 22.2. The molecule has 2 amide bonds. The molecule has 4 heterocycles. The number of aromatic amines is 1. The van der Waals surface area contributed by atoms with E-state index < -0.39 is 19.6 Å². The molecule has 2 unspecified atom stereocenters. The molecule has 2 aromatic heterocycles. The first-order chi connectivity index (χ1) is 16.4. The Kier molecular flexibility index (Phi) is 5.48. The number of pyridine rings is 1. The lowest BCUT2D eigenvalue weighted by Crippen LogP contribution is -2.56. The second-order valence-corrected chi connectivity index (χ2v) is 16.3. The van der Waals surface area contributed by atoms with Gasteiger partial charge in [0, 0.05) is 36.7 Å². The molecule has 3 aromatic rings. The summed E-state index contributed by atoms with van der Waals surface area (Å²) in [6, 6.07) is 7.93. The van der Waals surface area contributed by atoms with Gasteiger partial charge in [-0.15, -0.1) is 0 Å². The number of piperidine rings is 1. The Balaban J connectivity index is 1.58. The molecule has 5 rings (SSSR count). The Morgan fingerprint density at radius 1 is 1.29 bits per heavy atom. The first kappa shape index (κ1) is 23.8. The number of nitrogens with zero attached hydrogens (tertiary/aromatic N) is 2. The topological polar surface area (TPSA) is 113 Å². The van der Waals surface area contributed by atoms with Crippen LogP contribution in [0.4, 0.5) is 5.82 Å². The molecule has 1 spiro atoms. The summed E-state index contributed by atoms with van der Waals surface area (Å²) in [5.74, 6) is 0.316. The van der Waals surface area contributed by atoms with Gasteiger partial charge in [-0.2, -0.15) is 0 Å². The van der Waals surface area contributed by atoms with Crippen LogP contribution in [0.15, 0.2) is 30.5 Å². The molecule has 2 atom stereocenters. The molecule has 2 aliphatic rings. The van der Waals surface area contributed by atoms with E-state index in [2.05, 4.69) is 49.1 Å². The van der Waals surface area contributed by atoms with Crippen LogP contribution in [0.1, 0.15) is 44.0 Å². The van der Waals surface area contributed by atoms with E-state index >= 15 is 0 Å². The Morgan fingerprint density at radius 3 is 2.74 bits per heavy atom. The van der Waals surface area contributed by atoms with Crippen LogP contribution in [0.25, 0.3) is 21.8 Å². The SMILES string of the molecule is CC(C)(C)[Si](C)(C)OC1CNC(=O)C12CCCN(c1ncc(C(N)=O)c3[nH]c4ccccc4c13)C2. The molecule has 1 aromatic carbocycles. The van der Waals surface area contributed by atoms with Crippen LogP contribution >= 0.6 is 0 Å². The molecule has 0 radical (unpaired) electrons. The molecule has 4 N–H and O–H groups in total. The van der Waals surface area contributed by atoms with Crippen LogP contribution in [0.3, 0.4) is 0 Å². The molecule has 186 valence electrons. The van der Waals surface area contributed by atoms with Crippen LogP contribution in [0, 0.1) is 5.41 Å². The highest BCUT2D eigenvalue weighted by Crippen LogP contribution is 2.46. The number of primary amides is 1. The van der Waals surface area contributed by atoms with E-state index in [0.717, 1.165) is 41.5 Å². The number of H-pyrrole nitrogens is 1. The molecular weight excluding hydrogens is 458 g/mol. The van der Waals surface area contributed by atoms with Crippen LogP contribution in [-0.4, -0.2) is 55.8 Å². The monoisotopic (exact) mass is 493 g/mol. The van der Waals surface area contributed by atoms with Crippen molar-refractivity contribution in [2.45, 2.75) is 57.8 Å². The van der Waals surface area contributed by atoms with E-state index in [-0.39, 0.29) is 17.0 Å². The fourth-order valence-electron chi connectivity index (χ4n) is 5.36. The molecule has 0 bridgehead atoms. The second-order valence-electron chi connectivity index (χ2n) is 11.5. The van der Waals surface area contributed by atoms with Crippen molar-refractivity contribution in [2.24, 2.45) is 11.1 Å². The fraction of sp³-hybridized carbons (Fsp3) is 0.500. The first-order valence-corrected chi connectivity index (χ1v) is 15.3. The highest BCUT2D eigenvalue weighted by atomic mass is 28.4. The van der Waals surface area contributed by atoms with Crippen molar-refractivity contribution in [3.8, 4) is 0 Å². The third kappa shape index (κ3) is 3.72. The predicted octanol–water partition coefficient (Wildman–Crippen LogP) is 3.92. The molecule has 2 fully saturated rings. The number of hydrogen-bond donors (Lipinski definition) is 3. The Morgan fingerprint density at radius 2 is 2.03 bits per heavy atom. The minimum Gasteiger partial charge on any atom is -0.411 e. The number of benzene rings is 1. The third-order valence-electron chi connectivity index (χ3n) is 8.36. The summed E-state index contributed by atoms with van der Waals surface area (Å²) < 4.78 is 6.85. The summed E-state index contributed by atoms with van der Waals surface area (Å²) in [5, 5.41) is 5.01. The van der Waals surface area contributed by atoms with Crippen LogP contribution in [-0.2, 0) is 9.22 Å². The standard InChI is InChI=1S/C26H35N5O3Si/c1-25(2,3)35(4,5)34-19-14-29-24(33)26(19)11-8-12-31(15-26)23-20-16-9-6-7-10-18(16)30-21(20)17(13-28-23)22(27)32/h6-7,9-10,13,19,30H,8,11-12,14-15H2,1-5H3,(H2,27,32)(H,29,33). The van der Waals surface area contributed by atoms with Crippen molar-refractivity contribution in [1.29, 1.82) is 0 Å². The van der Waals surface area contributed by atoms with Gasteiger partial charge in [0.05, 0.1) is 28.0 Å². The average Bonchev–Trinajstić information content (AvgIpc) is 3.31. The maximum atomic E-state index is 13.4. The van der Waals surface area contributed by atoms with Crippen molar-refractivity contribution in [2.75, 3.05) is 24.5 Å². The molecule has 2 aliphatic heterocycles. The summed E-state index contributed by atoms with van der Waals surface area (Å²) in [7, 11) is -2.08. The van der Waals surface area contributed by atoms with E-state index in [1.54, 1.807) is 6.20 Å². The van der Waals surface area contributed by atoms with Crippen LogP contribution in [0.5, 0.6) is 0 Å². The Bertz CT molecular complexity index is 1330. The highest BCUT2D eigenvalue weighted by Gasteiger charge is 2.56. The summed E-state index contributed by atoms with van der Waals surface area (Å²) in [4.78, 5) is 35.8. The van der Waals surface area contributed by atoms with Crippen molar-refractivity contribution < 1.29 is 14.0 Å². The van der Waals surface area contributed by atoms with Gasteiger partial charge in [-0.05, 0) is 37.0 Å². The second kappa shape index (κ2) is 8.06. The molecule has 35 heavy (non-hydrogen) atoms. The Hall–Kier alpha value is -2.91. The lowest BCUT2D eigenvalue weighted by Gasteiger charge is -2.46. The maximum absolute atomic E-state index is 13.4. The van der Waals surface area contributed by atoms with Crippen molar-refractivity contribution >= 4 is 47.8 Å². The maximum Gasteiger partial charge on any atom is 0.252 e. The number of aromatic nitrogens is 2. The number of fused-ring (bicyclic) bond motifs is 3. The molecule has 0 saturated carbocycles. The minimum atomic E-state index is -2.08. The van der Waals surface area contributed by atoms with Gasteiger partial charge in [0.1, 0.15) is 5.82 Å². The minimum absolute atomic E-state index is 0.0521. The van der Waals surface area contributed by atoms with E-state index in [9.17, 15) is 9.59 Å². The molecule has 9 heteroatoms. The first-order valence-electron chi connectivity index (χ1n) is 12.3. The van der Waals surface area contributed by atoms with E-state index in [4.69, 9.17) is 15.1 Å². The summed E-state index contributed by atoms with van der Waals surface area (Å²) in [6.45, 7) is 13.0. The largest absolute Gasteiger partial charge is 0.411 e. The smallest absolute Gasteiger partial charge is 0.252 e. The summed E-state index contributed by atoms with van der Waals surface area (Å²) >= 11 is 0. The zero-order chi connectivity index (χ0) is 25.2. The van der Waals surface area contributed by atoms with Gasteiger partial charge in [0.25, 0.3) is 5.91 Å². The number of rotatable bonds is 4. The van der Waals surface area contributed by atoms with Gasteiger partial charge in [0.15, 0.2) is 8.32 Å². The number of carbonyl (C=O) groups excluding carboxylic acids is 2. The zero-order valence-electron chi connectivity index (χ0n) is 21.2. The van der Waals surface area contributed by atoms with Gasteiger partial charge >= 0.3 is 0 Å². The van der Waals surface area contributed by atoms with E-state index in [1.807, 2.05) is 24.3 Å². The number of nitrogens with two attached hydrogens (primary N) is 1. The molecule has 0 aliphatic carbocycles. The summed E-state index contributed by atoms with van der Waals surface area (Å²) in [5.41, 5.74) is 7.02. The molecule has 8 nitrogen and oxygen atoms in total. The van der Waals surface area contributed by atoms with Gasteiger partial charge in [0.2, 0.25) is 5.91 Å². The number of para-hydroxylation sites is 1. The molecule has 2 saturated heterocycles. The average molecular weight is 494 g/mol. The quantitative estimate of drug-likeness (QED) is 0.477. The number of anilines is 1. The van der Waals surface area contributed by atoms with Crippen molar-refractivity contribution in [1.82, 2.24) is 15.3 Å². The lowest BCUT2D eigenvalue weighted by molar-refractivity contribution is -0.131. The van der Waals surface area contributed by atoms with Gasteiger partial charge in [-0.3, -0.25) is 9.59 Å². The normalized spacial score (nSPS) is 23.4. The van der Waals surface area contributed by atoms with Crippen LogP contribution in [0.2, 0.25) is 18.1 Å². The number of hydrogen-bond acceptors (Lipinski definition) is 5. The number of nitrogens with one attached hydrogen (secondary N) is 2. The highest BCUT2D eigenvalue weighted by molar-refractivity contribution is 6.74. The van der Waals surface area contributed by atoms with Gasteiger partial charge < -0.3 is 25.4 Å². The predicted molar refractivity (Wildman–Crippen MR) is 141 cm³/mol. The number of carbonyl (C=O) groups is 2. The third-order valence-corrected chi connectivity index (χ3v) is 12.8. The fourth-order valence-corrected chi connectivity index (χ4v) is 6.73. The molecular formula is C26H35N5O3Si. The summed E-state index contributed by atoms with van der Waals surface area (Å²) in [6.07, 6.45) is 3.01. The van der Waals surface area contributed by atoms with Gasteiger partial charge in [-0.1, -0.05) is 39.0 Å². The lowest BCUT2D eigenvalue weighted by atomic mass is 9.76. The number of amides is 2. The van der Waals surface area contributed by atoms with Crippen LogP contribution < -0.4 is 16.0 Å². The van der Waals surface area contributed by atoms with Gasteiger partial charge in [-0.25, -0.2) is 4.98 Å². The van der Waals surface area contributed by atoms with Crippen molar-refractivity contribution in [3.63, 3.8) is 0 Å². The Labute approximate surface area is 206 Å². The van der Waals surface area contributed by atoms with E-state index in [0.29, 0.717) is 24.2 Å².